The minimum atomic E-state index is -4.47. The topological polar surface area (TPSA) is 38.8 Å². The Kier molecular flexibility index (Phi) is 6.38. The third-order valence-corrected chi connectivity index (χ3v) is 4.67. The predicted molar refractivity (Wildman–Crippen MR) is 99.5 cm³/mol. The van der Waals surface area contributed by atoms with Crippen molar-refractivity contribution in [3.05, 3.63) is 56.7 Å². The molecule has 0 bridgehead atoms. The van der Waals surface area contributed by atoms with Crippen molar-refractivity contribution in [2.45, 2.75) is 12.7 Å². The second-order valence-corrected chi connectivity index (χ2v) is 6.67. The second kappa shape index (κ2) is 8.15. The lowest BCUT2D eigenvalue weighted by molar-refractivity contribution is -0.138. The average Bonchev–Trinajstić information content (AvgIpc) is 2.60. The molecular weight excluding hydrogens is 462 g/mol. The van der Waals surface area contributed by atoms with Crippen LogP contribution in [0.3, 0.4) is 0 Å². The first-order chi connectivity index (χ1) is 12.2. The Bertz CT molecular complexity index is 809. The van der Waals surface area contributed by atoms with Crippen LogP contribution >= 0.6 is 22.6 Å². The van der Waals surface area contributed by atoms with Gasteiger partial charge in [0, 0.05) is 17.2 Å². The van der Waals surface area contributed by atoms with Crippen LogP contribution in [0, 0.1) is 3.57 Å². The smallest absolute Gasteiger partial charge is 0.416 e. The molecule has 0 fully saturated rings. The summed E-state index contributed by atoms with van der Waals surface area (Å²) in [6.45, 7) is -0.168. The molecule has 0 aliphatic heterocycles. The number of hydrogen-bond acceptors (Lipinski definition) is 3. The normalized spacial score (nSPS) is 11.2. The maximum Gasteiger partial charge on any atom is 0.416 e. The SMILES string of the molecule is COc1cc(I)c(C(=O)N(C)Cc2ccccc2C(F)(F)F)cc1OC. The van der Waals surface area contributed by atoms with Crippen molar-refractivity contribution in [1.29, 1.82) is 0 Å². The highest BCUT2D eigenvalue weighted by Gasteiger charge is 2.33. The molecule has 2 aromatic carbocycles. The van der Waals surface area contributed by atoms with Crippen molar-refractivity contribution >= 4 is 28.5 Å². The largest absolute Gasteiger partial charge is 0.493 e. The van der Waals surface area contributed by atoms with E-state index in [1.807, 2.05) is 22.6 Å². The van der Waals surface area contributed by atoms with Gasteiger partial charge in [-0.15, -0.1) is 0 Å². The molecule has 0 aromatic heterocycles. The second-order valence-electron chi connectivity index (χ2n) is 5.50. The molecule has 1 amide bonds. The summed E-state index contributed by atoms with van der Waals surface area (Å²) in [4.78, 5) is 14.0. The van der Waals surface area contributed by atoms with E-state index >= 15 is 0 Å². The van der Waals surface area contributed by atoms with Crippen molar-refractivity contribution in [2.24, 2.45) is 0 Å². The number of methoxy groups -OCH3 is 2. The summed E-state index contributed by atoms with van der Waals surface area (Å²) >= 11 is 1.98. The molecule has 0 unspecified atom stereocenters. The number of benzene rings is 2. The maximum absolute atomic E-state index is 13.1. The maximum atomic E-state index is 13.1. The molecule has 0 aliphatic rings. The summed E-state index contributed by atoms with van der Waals surface area (Å²) in [5, 5.41) is 0. The quantitative estimate of drug-likeness (QED) is 0.589. The molecule has 4 nitrogen and oxygen atoms in total. The molecule has 8 heteroatoms. The number of rotatable bonds is 5. The number of alkyl halides is 3. The summed E-state index contributed by atoms with van der Waals surface area (Å²) in [5.41, 5.74) is -0.386. The first-order valence-electron chi connectivity index (χ1n) is 7.51. The number of carbonyl (C=O) groups is 1. The van der Waals surface area contributed by atoms with Crippen LogP contribution in [0.1, 0.15) is 21.5 Å². The molecule has 0 N–H and O–H groups in total. The summed E-state index contributed by atoms with van der Waals surface area (Å²) in [6, 6.07) is 8.38. The lowest BCUT2D eigenvalue weighted by Gasteiger charge is -2.21. The average molecular weight is 479 g/mol. The number of ether oxygens (including phenoxy) is 2. The van der Waals surface area contributed by atoms with E-state index in [-0.39, 0.29) is 12.1 Å². The Morgan fingerprint density at radius 1 is 1.12 bits per heavy atom. The molecule has 2 aromatic rings. The van der Waals surface area contributed by atoms with E-state index in [4.69, 9.17) is 9.47 Å². The lowest BCUT2D eigenvalue weighted by Crippen LogP contribution is -2.28. The molecule has 0 spiro atoms. The minimum absolute atomic E-state index is 0.0336. The molecule has 0 saturated carbocycles. The van der Waals surface area contributed by atoms with Crippen LogP contribution in [0.4, 0.5) is 13.2 Å². The van der Waals surface area contributed by atoms with Gasteiger partial charge in [-0.25, -0.2) is 0 Å². The van der Waals surface area contributed by atoms with Crippen LogP contribution in [0.15, 0.2) is 36.4 Å². The lowest BCUT2D eigenvalue weighted by atomic mass is 10.1. The predicted octanol–water partition coefficient (Wildman–Crippen LogP) is 4.60. The zero-order chi connectivity index (χ0) is 19.5. The molecule has 2 rings (SSSR count). The van der Waals surface area contributed by atoms with Crippen molar-refractivity contribution in [3.63, 3.8) is 0 Å². The fraction of sp³-hybridized carbons (Fsp3) is 0.278. The first-order valence-corrected chi connectivity index (χ1v) is 8.59. The molecule has 140 valence electrons. The van der Waals surface area contributed by atoms with Crippen LogP contribution in [-0.2, 0) is 12.7 Å². The molecule has 0 aliphatic carbocycles. The van der Waals surface area contributed by atoms with Gasteiger partial charge in [0.05, 0.1) is 25.3 Å². The van der Waals surface area contributed by atoms with E-state index in [1.165, 1.54) is 50.4 Å². The fourth-order valence-electron chi connectivity index (χ4n) is 2.49. The number of hydrogen-bond donors (Lipinski definition) is 0. The standard InChI is InChI=1S/C18H17F3INO3/c1-23(10-11-6-4-5-7-13(11)18(19,20)21)17(24)12-8-15(25-2)16(26-3)9-14(12)22/h4-9H,10H2,1-3H3. The molecule has 0 atom stereocenters. The van der Waals surface area contributed by atoms with Gasteiger partial charge in [0.15, 0.2) is 11.5 Å². The van der Waals surface area contributed by atoms with E-state index in [9.17, 15) is 18.0 Å². The summed E-state index contributed by atoms with van der Waals surface area (Å²) in [7, 11) is 4.39. The molecule has 0 saturated heterocycles. The van der Waals surface area contributed by atoms with Gasteiger partial charge in [-0.05, 0) is 46.4 Å². The zero-order valence-electron chi connectivity index (χ0n) is 14.4. The van der Waals surface area contributed by atoms with Gasteiger partial charge in [-0.2, -0.15) is 13.2 Å². The van der Waals surface area contributed by atoms with Crippen molar-refractivity contribution < 1.29 is 27.4 Å². The van der Waals surface area contributed by atoms with Gasteiger partial charge in [0.25, 0.3) is 5.91 Å². The Labute approximate surface area is 163 Å². The number of nitrogens with zero attached hydrogens (tertiary/aromatic N) is 1. The van der Waals surface area contributed by atoms with Gasteiger partial charge in [0.2, 0.25) is 0 Å². The molecule has 0 heterocycles. The Balaban J connectivity index is 2.32. The molecular formula is C18H17F3INO3. The third-order valence-electron chi connectivity index (χ3n) is 3.78. The van der Waals surface area contributed by atoms with E-state index in [0.717, 1.165) is 6.07 Å². The Hall–Kier alpha value is -1.97. The van der Waals surface area contributed by atoms with Crippen LogP contribution in [0.25, 0.3) is 0 Å². The van der Waals surface area contributed by atoms with Gasteiger partial charge >= 0.3 is 6.18 Å². The van der Waals surface area contributed by atoms with Crippen LogP contribution in [0.5, 0.6) is 11.5 Å². The van der Waals surface area contributed by atoms with Crippen molar-refractivity contribution in [3.8, 4) is 11.5 Å². The van der Waals surface area contributed by atoms with Crippen LogP contribution in [0.2, 0.25) is 0 Å². The monoisotopic (exact) mass is 479 g/mol. The molecule has 0 radical (unpaired) electrons. The highest BCUT2D eigenvalue weighted by molar-refractivity contribution is 14.1. The highest BCUT2D eigenvalue weighted by atomic mass is 127. The van der Waals surface area contributed by atoms with Gasteiger partial charge in [-0.1, -0.05) is 18.2 Å². The van der Waals surface area contributed by atoms with Crippen molar-refractivity contribution in [1.82, 2.24) is 4.90 Å². The minimum Gasteiger partial charge on any atom is -0.493 e. The van der Waals surface area contributed by atoms with Crippen LogP contribution < -0.4 is 9.47 Å². The van der Waals surface area contributed by atoms with E-state index in [0.29, 0.717) is 20.6 Å². The number of amides is 1. The fourth-order valence-corrected chi connectivity index (χ4v) is 3.15. The Morgan fingerprint density at radius 3 is 2.27 bits per heavy atom. The zero-order valence-corrected chi connectivity index (χ0v) is 16.5. The number of carbonyl (C=O) groups excluding carboxylic acids is 1. The van der Waals surface area contributed by atoms with Gasteiger partial charge < -0.3 is 14.4 Å². The third kappa shape index (κ3) is 4.40. The van der Waals surface area contributed by atoms with E-state index in [2.05, 4.69) is 0 Å². The first kappa shape index (κ1) is 20.3. The van der Waals surface area contributed by atoms with Crippen LogP contribution in [-0.4, -0.2) is 32.1 Å². The van der Waals surface area contributed by atoms with Gasteiger partial charge in [-0.3, -0.25) is 4.79 Å². The van der Waals surface area contributed by atoms with E-state index < -0.39 is 17.6 Å². The summed E-state index contributed by atoms with van der Waals surface area (Å²) in [6.07, 6.45) is -4.47. The summed E-state index contributed by atoms with van der Waals surface area (Å²) < 4.78 is 50.4. The van der Waals surface area contributed by atoms with E-state index in [1.54, 1.807) is 6.07 Å². The Morgan fingerprint density at radius 2 is 1.69 bits per heavy atom. The molecule has 26 heavy (non-hydrogen) atoms. The summed E-state index contributed by atoms with van der Waals surface area (Å²) in [5.74, 6) is 0.436. The number of halogens is 4. The van der Waals surface area contributed by atoms with Gasteiger partial charge in [0.1, 0.15) is 0 Å². The van der Waals surface area contributed by atoms with Crippen molar-refractivity contribution in [2.75, 3.05) is 21.3 Å². The highest BCUT2D eigenvalue weighted by Crippen LogP contribution is 2.34.